The lowest BCUT2D eigenvalue weighted by atomic mass is 9.33. The fourth-order valence-electron chi connectivity index (χ4n) is 12.3. The number of benzene rings is 9. The first kappa shape index (κ1) is 42.9. The van der Waals surface area contributed by atoms with Crippen LogP contribution in [0.2, 0.25) is 0 Å². The van der Waals surface area contributed by atoms with Crippen LogP contribution in [0.25, 0.3) is 49.4 Å². The number of fused-ring (bicyclic) bond motifs is 12. The van der Waals surface area contributed by atoms with E-state index in [1.54, 1.807) is 0 Å². The summed E-state index contributed by atoms with van der Waals surface area (Å²) in [6, 6.07) is 68.6. The minimum absolute atomic E-state index is 0.0224. The number of rotatable bonds is 4. The molecule has 0 saturated carbocycles. The van der Waals surface area contributed by atoms with Gasteiger partial charge in [0.15, 0.2) is 5.58 Å². The number of nitrogens with zero attached hydrogens (tertiary/aromatic N) is 4. The van der Waals surface area contributed by atoms with Crippen molar-refractivity contribution in [2.45, 2.75) is 78.6 Å². The quantitative estimate of drug-likeness (QED) is 0.164. The van der Waals surface area contributed by atoms with Crippen molar-refractivity contribution in [2.75, 3.05) is 14.7 Å². The van der Waals surface area contributed by atoms with E-state index < -0.39 is 0 Å². The Morgan fingerprint density at radius 1 is 0.403 bits per heavy atom. The summed E-state index contributed by atoms with van der Waals surface area (Å²) in [5.74, 6) is 0. The van der Waals surface area contributed by atoms with Crippen LogP contribution in [0.15, 0.2) is 186 Å². The van der Waals surface area contributed by atoms with Crippen LogP contribution < -0.4 is 31.1 Å². The van der Waals surface area contributed by atoms with Gasteiger partial charge in [-0.15, -0.1) is 0 Å². The van der Waals surface area contributed by atoms with Gasteiger partial charge in [0.05, 0.1) is 33.8 Å². The number of hydrogen-bond donors (Lipinski definition) is 0. The molecule has 0 unspecified atom stereocenters. The molecule has 14 rings (SSSR count). The van der Waals surface area contributed by atoms with E-state index in [9.17, 15) is 0 Å². The van der Waals surface area contributed by atoms with Crippen molar-refractivity contribution < 1.29 is 4.42 Å². The SMILES string of the molecule is CC(C)(C)c1ccc(N(c2ccc(C(C)(C)C)cc2)c2ccc3c(c2)N(c2cccc4c2oc2ccccc24)c2cc(C(C)(C)C)cc4c2B3c2cccc3c2N4c2cccc4c5ccccc5n-3c24)cc1. The zero-order valence-corrected chi connectivity index (χ0v) is 42.6. The summed E-state index contributed by atoms with van der Waals surface area (Å²) in [6.45, 7) is 20.7. The zero-order valence-electron chi connectivity index (χ0n) is 42.6. The normalized spacial score (nSPS) is 13.8. The maximum Gasteiger partial charge on any atom is 0.252 e. The van der Waals surface area contributed by atoms with Crippen LogP contribution in [-0.4, -0.2) is 11.3 Å². The van der Waals surface area contributed by atoms with Gasteiger partial charge in [-0.3, -0.25) is 0 Å². The van der Waals surface area contributed by atoms with Gasteiger partial charge < -0.3 is 23.7 Å². The molecule has 9 aromatic carbocycles. The second kappa shape index (κ2) is 14.8. The summed E-state index contributed by atoms with van der Waals surface area (Å²) >= 11 is 0. The third-order valence-electron chi connectivity index (χ3n) is 15.9. The Bertz CT molecular complexity index is 4010. The number of para-hydroxylation sites is 5. The first-order valence-electron chi connectivity index (χ1n) is 25.6. The van der Waals surface area contributed by atoms with Crippen molar-refractivity contribution in [3.63, 3.8) is 0 Å². The topological polar surface area (TPSA) is 27.8 Å². The summed E-state index contributed by atoms with van der Waals surface area (Å²) in [4.78, 5) is 7.60. The Hall–Kier alpha value is -7.96. The fraction of sp³-hybridized carbons (Fsp3) is 0.182. The molecule has 72 heavy (non-hydrogen) atoms. The minimum Gasteiger partial charge on any atom is -0.454 e. The number of hydrogen-bond acceptors (Lipinski definition) is 4. The lowest BCUT2D eigenvalue weighted by Crippen LogP contribution is -2.62. The lowest BCUT2D eigenvalue weighted by Gasteiger charge is -2.47. The fourth-order valence-corrected chi connectivity index (χ4v) is 12.3. The van der Waals surface area contributed by atoms with Crippen molar-refractivity contribution in [2.24, 2.45) is 0 Å². The molecule has 5 nitrogen and oxygen atoms in total. The predicted octanol–water partition coefficient (Wildman–Crippen LogP) is 16.4. The van der Waals surface area contributed by atoms with Crippen molar-refractivity contribution in [3.8, 4) is 5.69 Å². The Morgan fingerprint density at radius 3 is 1.64 bits per heavy atom. The second-order valence-corrected chi connectivity index (χ2v) is 23.4. The average Bonchev–Trinajstić information content (AvgIpc) is 3.92. The summed E-state index contributed by atoms with van der Waals surface area (Å²) in [5.41, 5.74) is 23.4. The van der Waals surface area contributed by atoms with E-state index in [-0.39, 0.29) is 23.0 Å². The van der Waals surface area contributed by atoms with Gasteiger partial charge in [-0.05, 0) is 128 Å². The number of furan rings is 1. The van der Waals surface area contributed by atoms with Gasteiger partial charge in [0.2, 0.25) is 0 Å². The lowest BCUT2D eigenvalue weighted by molar-refractivity contribution is 0.590. The summed E-state index contributed by atoms with van der Waals surface area (Å²) in [6.07, 6.45) is 0. The highest BCUT2D eigenvalue weighted by molar-refractivity contribution is 7.00. The monoisotopic (exact) mass is 932 g/mol. The molecule has 3 aliphatic rings. The van der Waals surface area contributed by atoms with Gasteiger partial charge in [0.25, 0.3) is 6.71 Å². The van der Waals surface area contributed by atoms with Crippen molar-refractivity contribution >= 4 is 118 Å². The van der Waals surface area contributed by atoms with Crippen LogP contribution in [0.3, 0.4) is 0 Å². The van der Waals surface area contributed by atoms with E-state index in [1.165, 1.54) is 83.3 Å². The van der Waals surface area contributed by atoms with Crippen molar-refractivity contribution in [1.82, 2.24) is 4.57 Å². The molecule has 2 aromatic heterocycles. The van der Waals surface area contributed by atoms with Crippen LogP contribution in [0.4, 0.5) is 51.2 Å². The molecule has 350 valence electrons. The predicted molar refractivity (Wildman–Crippen MR) is 306 cm³/mol. The smallest absolute Gasteiger partial charge is 0.252 e. The molecule has 0 radical (unpaired) electrons. The molecule has 0 aliphatic carbocycles. The molecule has 6 heteroatoms. The van der Waals surface area contributed by atoms with Crippen LogP contribution >= 0.6 is 0 Å². The summed E-state index contributed by atoms with van der Waals surface area (Å²) in [7, 11) is 0. The highest BCUT2D eigenvalue weighted by atomic mass is 16.3. The molecule has 0 spiro atoms. The van der Waals surface area contributed by atoms with E-state index in [0.29, 0.717) is 0 Å². The van der Waals surface area contributed by atoms with Crippen LogP contribution in [0.1, 0.15) is 79.0 Å². The molecule has 0 atom stereocenters. The summed E-state index contributed by atoms with van der Waals surface area (Å²) in [5, 5.41) is 4.76. The van der Waals surface area contributed by atoms with Gasteiger partial charge in [-0.2, -0.15) is 0 Å². The molecule has 0 N–H and O–H groups in total. The van der Waals surface area contributed by atoms with Gasteiger partial charge in [0.1, 0.15) is 5.58 Å². The number of anilines is 9. The molecule has 0 saturated heterocycles. The average molecular weight is 933 g/mol. The zero-order chi connectivity index (χ0) is 49.2. The molecule has 11 aromatic rings. The van der Waals surface area contributed by atoms with E-state index in [1.807, 2.05) is 0 Å². The van der Waals surface area contributed by atoms with Crippen molar-refractivity contribution in [1.29, 1.82) is 0 Å². The third kappa shape index (κ3) is 6.08. The molecule has 0 amide bonds. The molecule has 0 fully saturated rings. The molecular formula is C66H57BN4O. The maximum absolute atomic E-state index is 7.02. The van der Waals surface area contributed by atoms with Gasteiger partial charge in [-0.25, -0.2) is 0 Å². The van der Waals surface area contributed by atoms with Gasteiger partial charge >= 0.3 is 0 Å². The number of aromatic nitrogens is 1. The Balaban J connectivity index is 1.09. The first-order valence-corrected chi connectivity index (χ1v) is 25.6. The molecule has 0 bridgehead atoms. The largest absolute Gasteiger partial charge is 0.454 e. The van der Waals surface area contributed by atoms with Crippen LogP contribution in [0.5, 0.6) is 0 Å². The standard InChI is InChI=1S/C66H57BN4O/c1-64(2,3)40-27-31-43(32-28-40)68(44-33-29-41(30-34-44)65(4,5)6)45-35-36-50-56(39-45)69(55-25-15-20-49-47-18-11-13-26-59(47)72-63(49)55)57-37-42(66(7,8)9)38-58-60(57)67(50)51-21-16-24-54-62(51)71(58)53-23-14-19-48-46-17-10-12-22-52(46)70(54)61(48)53/h10-39H,1-9H3. The van der Waals surface area contributed by atoms with Crippen LogP contribution in [0, 0.1) is 0 Å². The molecule has 3 aliphatic heterocycles. The Labute approximate surface area is 422 Å². The van der Waals surface area contributed by atoms with E-state index in [2.05, 4.69) is 264 Å². The van der Waals surface area contributed by atoms with Gasteiger partial charge in [-0.1, -0.05) is 165 Å². The van der Waals surface area contributed by atoms with E-state index >= 15 is 0 Å². The molecular weight excluding hydrogens is 876 g/mol. The maximum atomic E-state index is 7.02. The summed E-state index contributed by atoms with van der Waals surface area (Å²) < 4.78 is 9.55. The molecule has 5 heterocycles. The van der Waals surface area contributed by atoms with Crippen molar-refractivity contribution in [3.05, 3.63) is 199 Å². The highest BCUT2D eigenvalue weighted by Gasteiger charge is 2.47. The third-order valence-corrected chi connectivity index (χ3v) is 15.9. The van der Waals surface area contributed by atoms with E-state index in [0.717, 1.165) is 50.4 Å². The Morgan fingerprint density at radius 2 is 0.958 bits per heavy atom. The minimum atomic E-state index is -0.175. The second-order valence-electron chi connectivity index (χ2n) is 23.4. The van der Waals surface area contributed by atoms with Crippen LogP contribution in [-0.2, 0) is 16.2 Å². The van der Waals surface area contributed by atoms with E-state index in [4.69, 9.17) is 4.42 Å². The first-order chi connectivity index (χ1) is 34.6. The Kier molecular flexibility index (Phi) is 8.82. The van der Waals surface area contributed by atoms with Gasteiger partial charge in [0, 0.05) is 55.7 Å². The highest BCUT2D eigenvalue weighted by Crippen LogP contribution is 2.54.